The number of ketones is 1. The Morgan fingerprint density at radius 2 is 1.64 bits per heavy atom. The van der Waals surface area contributed by atoms with Crippen LogP contribution in [0.4, 0.5) is 4.79 Å². The predicted molar refractivity (Wildman–Crippen MR) is 159 cm³/mol. The maximum Gasteiger partial charge on any atom is 0.417 e. The first-order chi connectivity index (χ1) is 20.4. The number of ether oxygens (including phenoxy) is 1. The largest absolute Gasteiger partial charge is 0.457 e. The molecule has 1 fully saturated rings. The second-order valence-electron chi connectivity index (χ2n) is 10.8. The number of nitrogens with zero attached hydrogens (tertiary/aromatic N) is 1. The van der Waals surface area contributed by atoms with Crippen LogP contribution in [0, 0.1) is 12.8 Å². The van der Waals surface area contributed by atoms with Crippen molar-refractivity contribution in [3.8, 4) is 11.1 Å². The van der Waals surface area contributed by atoms with Gasteiger partial charge in [0.25, 0.3) is 0 Å². The molecule has 2 heterocycles. The van der Waals surface area contributed by atoms with E-state index in [-0.39, 0.29) is 18.8 Å². The minimum Gasteiger partial charge on any atom is -0.457 e. The summed E-state index contributed by atoms with van der Waals surface area (Å²) in [6.45, 7) is 3.81. The number of amides is 2. The molecule has 1 saturated heterocycles. The highest BCUT2D eigenvalue weighted by Crippen LogP contribution is 2.35. The Bertz CT molecular complexity index is 1540. The van der Waals surface area contributed by atoms with Crippen molar-refractivity contribution in [1.29, 1.82) is 0 Å². The van der Waals surface area contributed by atoms with Gasteiger partial charge in [0.05, 0.1) is 6.04 Å². The zero-order valence-corrected chi connectivity index (χ0v) is 23.9. The van der Waals surface area contributed by atoms with Crippen LogP contribution < -0.4 is 0 Å². The number of unbranched alkanes of at least 4 members (excludes halogenated alkanes) is 1. The van der Waals surface area contributed by atoms with Crippen LogP contribution in [-0.2, 0) is 22.4 Å². The summed E-state index contributed by atoms with van der Waals surface area (Å²) in [6.07, 6.45) is 0.514. The van der Waals surface area contributed by atoms with Crippen LogP contribution in [0.5, 0.6) is 0 Å². The van der Waals surface area contributed by atoms with Crippen molar-refractivity contribution in [3.63, 3.8) is 0 Å². The number of benzene rings is 3. The molecule has 1 N–H and O–H groups in total. The number of cyclic esters (lactones) is 1. The lowest BCUT2D eigenvalue weighted by molar-refractivity contribution is -0.131. The summed E-state index contributed by atoms with van der Waals surface area (Å²) in [5.74, 6) is -1.61. The lowest BCUT2D eigenvalue weighted by Crippen LogP contribution is -2.44. The van der Waals surface area contributed by atoms with E-state index in [0.717, 1.165) is 32.7 Å². The molecule has 0 unspecified atom stereocenters. The molecule has 0 aliphatic carbocycles. The third-order valence-electron chi connectivity index (χ3n) is 7.73. The molecule has 216 valence electrons. The summed E-state index contributed by atoms with van der Waals surface area (Å²) >= 11 is 0. The smallest absolute Gasteiger partial charge is 0.417 e. The number of aryl methyl sites for hydroxylation is 2. The Balaban J connectivity index is 1.50. The number of carbonyl (C=O) groups is 3. The van der Waals surface area contributed by atoms with Gasteiger partial charge in [0.2, 0.25) is 11.7 Å². The first-order valence-electron chi connectivity index (χ1n) is 14.3. The van der Waals surface area contributed by atoms with E-state index in [2.05, 4.69) is 0 Å². The van der Waals surface area contributed by atoms with E-state index in [1.165, 1.54) is 0 Å². The molecular formula is C35H35NO6. The van der Waals surface area contributed by atoms with Gasteiger partial charge in [0.15, 0.2) is 5.76 Å². The van der Waals surface area contributed by atoms with Crippen LogP contribution in [0.1, 0.15) is 58.9 Å². The highest BCUT2D eigenvalue weighted by molar-refractivity contribution is 6.12. The van der Waals surface area contributed by atoms with Gasteiger partial charge < -0.3 is 14.3 Å². The van der Waals surface area contributed by atoms with Crippen molar-refractivity contribution >= 4 is 17.8 Å². The van der Waals surface area contributed by atoms with Crippen LogP contribution in [-0.4, -0.2) is 40.4 Å². The van der Waals surface area contributed by atoms with Crippen molar-refractivity contribution in [2.24, 2.45) is 5.92 Å². The molecule has 7 heteroatoms. The number of furan rings is 1. The predicted octanol–water partition coefficient (Wildman–Crippen LogP) is 6.72. The number of hydrogen-bond donors (Lipinski definition) is 1. The fraction of sp³-hybridized carbons (Fsp3) is 0.286. The third kappa shape index (κ3) is 6.21. The van der Waals surface area contributed by atoms with Crippen molar-refractivity contribution in [2.45, 2.75) is 51.7 Å². The Morgan fingerprint density at radius 3 is 2.33 bits per heavy atom. The molecule has 4 aromatic rings. The van der Waals surface area contributed by atoms with Gasteiger partial charge in [-0.15, -0.1) is 0 Å². The van der Waals surface area contributed by atoms with E-state index >= 15 is 0 Å². The molecule has 42 heavy (non-hydrogen) atoms. The number of imide groups is 1. The maximum atomic E-state index is 14.2. The zero-order chi connectivity index (χ0) is 29.6. The van der Waals surface area contributed by atoms with Crippen LogP contribution in [0.3, 0.4) is 0 Å². The lowest BCUT2D eigenvalue weighted by atomic mass is 9.91. The monoisotopic (exact) mass is 565 g/mol. The second-order valence-corrected chi connectivity index (χ2v) is 10.8. The number of rotatable bonds is 11. The molecule has 1 aliphatic rings. The second kappa shape index (κ2) is 13.0. The average molecular weight is 566 g/mol. The van der Waals surface area contributed by atoms with Crippen molar-refractivity contribution in [3.05, 3.63) is 119 Å². The first-order valence-corrected chi connectivity index (χ1v) is 14.3. The molecule has 0 bridgehead atoms. The molecule has 3 atom stereocenters. The highest BCUT2D eigenvalue weighted by Gasteiger charge is 2.47. The Labute approximate surface area is 245 Å². The van der Waals surface area contributed by atoms with Gasteiger partial charge in [0, 0.05) is 18.6 Å². The van der Waals surface area contributed by atoms with Gasteiger partial charge in [-0.05, 0) is 55.9 Å². The quantitative estimate of drug-likeness (QED) is 0.123. The van der Waals surface area contributed by atoms with Crippen LogP contribution >= 0.6 is 0 Å². The number of aliphatic hydroxyl groups is 1. The molecule has 1 aromatic heterocycles. The number of Topliss-reactive ketones (excluding diaryl/α,β-unsaturated/α-hetero) is 1. The zero-order valence-electron chi connectivity index (χ0n) is 23.9. The van der Waals surface area contributed by atoms with Crippen LogP contribution in [0.15, 0.2) is 95.4 Å². The highest BCUT2D eigenvalue weighted by atomic mass is 16.6. The molecule has 2 amide bonds. The fourth-order valence-corrected chi connectivity index (χ4v) is 5.52. The molecule has 1 aliphatic heterocycles. The number of hydrogen-bond acceptors (Lipinski definition) is 6. The summed E-state index contributed by atoms with van der Waals surface area (Å²) in [4.78, 5) is 42.4. The van der Waals surface area contributed by atoms with Gasteiger partial charge in [-0.1, -0.05) is 90.5 Å². The molecule has 5 rings (SSSR count). The topological polar surface area (TPSA) is 97.1 Å². The van der Waals surface area contributed by atoms with E-state index < -0.39 is 35.8 Å². The van der Waals surface area contributed by atoms with Crippen molar-refractivity contribution in [2.75, 3.05) is 6.61 Å². The summed E-state index contributed by atoms with van der Waals surface area (Å²) in [5, 5.41) is 9.31. The Hall–Kier alpha value is -4.49. The maximum absolute atomic E-state index is 14.2. The molecule has 0 radical (unpaired) electrons. The van der Waals surface area contributed by atoms with Crippen LogP contribution in [0.25, 0.3) is 11.1 Å². The summed E-state index contributed by atoms with van der Waals surface area (Å²) in [6, 6.07) is 27.6. The van der Waals surface area contributed by atoms with Gasteiger partial charge in [-0.25, -0.2) is 9.69 Å². The van der Waals surface area contributed by atoms with E-state index in [1.54, 1.807) is 13.0 Å². The van der Waals surface area contributed by atoms with Gasteiger partial charge in [0.1, 0.15) is 17.8 Å². The van der Waals surface area contributed by atoms with Gasteiger partial charge in [-0.3, -0.25) is 9.59 Å². The molecule has 0 saturated carbocycles. The number of carbonyl (C=O) groups excluding carboxylic acids is 3. The van der Waals surface area contributed by atoms with Gasteiger partial charge >= 0.3 is 6.09 Å². The molecule has 3 aromatic carbocycles. The Morgan fingerprint density at radius 1 is 0.929 bits per heavy atom. The standard InChI is InChI=1S/C35H35NO6/c1-23-12-11-17-27(20-23)28-22-31(41-30(28)18-9-10-19-37)32(38)29(21-25-13-5-3-6-14-25)34(39)36-24(2)33(42-35(36)40)26-15-7-4-8-16-26/h3-8,11-17,20,22,24,29,33,37H,9-10,18-19,21H2,1-2H3/t24-,29-,33-/m1/s1. The number of aliphatic hydroxyl groups excluding tert-OH is 1. The summed E-state index contributed by atoms with van der Waals surface area (Å²) in [7, 11) is 0. The molecule has 0 spiro atoms. The SMILES string of the molecule is Cc1cccc(-c2cc(C(=O)[C@@H](Cc3ccccc3)C(=O)N3C(=O)O[C@@H](c4ccccc4)[C@H]3C)oc2CCCCO)c1. The average Bonchev–Trinajstić information content (AvgIpc) is 3.56. The third-order valence-corrected chi connectivity index (χ3v) is 7.73. The molecular weight excluding hydrogens is 530 g/mol. The lowest BCUT2D eigenvalue weighted by Gasteiger charge is -2.23. The van der Waals surface area contributed by atoms with Gasteiger partial charge in [-0.2, -0.15) is 0 Å². The first kappa shape index (κ1) is 29.0. The summed E-state index contributed by atoms with van der Waals surface area (Å²) in [5.41, 5.74) is 4.32. The molecule has 7 nitrogen and oxygen atoms in total. The van der Waals surface area contributed by atoms with E-state index in [1.807, 2.05) is 91.9 Å². The van der Waals surface area contributed by atoms with Crippen LogP contribution in [0.2, 0.25) is 0 Å². The fourth-order valence-electron chi connectivity index (χ4n) is 5.52. The minimum absolute atomic E-state index is 0.0635. The van der Waals surface area contributed by atoms with Crippen molar-refractivity contribution < 1.29 is 28.6 Å². The Kier molecular flexibility index (Phi) is 8.98. The normalized spacial score (nSPS) is 17.2. The van der Waals surface area contributed by atoms with E-state index in [9.17, 15) is 19.5 Å². The minimum atomic E-state index is -1.20. The van der Waals surface area contributed by atoms with E-state index in [4.69, 9.17) is 9.15 Å². The van der Waals surface area contributed by atoms with E-state index in [0.29, 0.717) is 25.0 Å². The summed E-state index contributed by atoms with van der Waals surface area (Å²) < 4.78 is 11.8. The van der Waals surface area contributed by atoms with Crippen molar-refractivity contribution in [1.82, 2.24) is 4.90 Å².